The van der Waals surface area contributed by atoms with Crippen molar-refractivity contribution in [2.24, 2.45) is 5.92 Å². The van der Waals surface area contributed by atoms with Crippen molar-refractivity contribution in [3.8, 4) is 0 Å². The molecule has 0 aliphatic rings. The van der Waals surface area contributed by atoms with E-state index in [1.807, 2.05) is 0 Å². The maximum Gasteiger partial charge on any atom is 0.314 e. The van der Waals surface area contributed by atoms with Gasteiger partial charge in [0, 0.05) is 0 Å². The lowest BCUT2D eigenvalue weighted by molar-refractivity contribution is 0.345. The Balaban J connectivity index is 5.90. The average Bonchev–Trinajstić information content (AvgIpc) is 2.43. The Labute approximate surface area is 220 Å². The molecule has 0 radical (unpaired) electrons. The van der Waals surface area contributed by atoms with Crippen LogP contribution < -0.4 is 0 Å². The molecule has 0 rings (SSSR count). The van der Waals surface area contributed by atoms with Gasteiger partial charge >= 0.3 is 17.1 Å². The van der Waals surface area contributed by atoms with Crippen LogP contribution in [0.2, 0.25) is 104 Å². The van der Waals surface area contributed by atoms with Crippen molar-refractivity contribution >= 4 is 50.4 Å². The topological polar surface area (TPSA) is 36.9 Å². The Morgan fingerprint density at radius 2 is 0.912 bits per heavy atom. The second kappa shape index (κ2) is 13.1. The number of hydrogen-bond donors (Lipinski definition) is 0. The maximum atomic E-state index is 6.89. The summed E-state index contributed by atoms with van der Waals surface area (Å²) in [6, 6.07) is 2.13. The first-order chi connectivity index (χ1) is 14.8. The van der Waals surface area contributed by atoms with Crippen LogP contribution in [0.25, 0.3) is 0 Å². The lowest BCUT2D eigenvalue weighted by Gasteiger charge is -2.42. The maximum absolute atomic E-state index is 6.89. The molecule has 0 aliphatic heterocycles. The van der Waals surface area contributed by atoms with Crippen LogP contribution in [0.4, 0.5) is 0 Å². The van der Waals surface area contributed by atoms with Gasteiger partial charge in [0.2, 0.25) is 0 Å². The Morgan fingerprint density at radius 1 is 0.559 bits per heavy atom. The zero-order valence-corrected chi connectivity index (χ0v) is 31.8. The van der Waals surface area contributed by atoms with Crippen molar-refractivity contribution in [3.05, 3.63) is 11.6 Å². The van der Waals surface area contributed by atoms with Crippen LogP contribution in [0.3, 0.4) is 0 Å². The van der Waals surface area contributed by atoms with E-state index in [9.17, 15) is 0 Å². The molecule has 10 heteroatoms. The van der Waals surface area contributed by atoms with Gasteiger partial charge < -0.3 is 16.5 Å². The van der Waals surface area contributed by atoms with Crippen molar-refractivity contribution in [2.75, 3.05) is 0 Å². The first-order valence-electron chi connectivity index (χ1n) is 13.3. The van der Waals surface area contributed by atoms with E-state index in [0.717, 1.165) is 24.9 Å². The quantitative estimate of drug-likeness (QED) is 0.135. The highest BCUT2D eigenvalue weighted by atomic mass is 28.5. The van der Waals surface area contributed by atoms with Gasteiger partial charge in [-0.05, 0) is 143 Å². The number of hydrogen-bond acceptors (Lipinski definition) is 4. The van der Waals surface area contributed by atoms with Crippen LogP contribution in [0, 0.1) is 5.92 Å². The zero-order chi connectivity index (χ0) is 27.2. The summed E-state index contributed by atoms with van der Waals surface area (Å²) in [7, 11) is -11.4. The summed E-state index contributed by atoms with van der Waals surface area (Å²) in [5, 5.41) is 0. The zero-order valence-electron chi connectivity index (χ0n) is 25.8. The highest BCUT2D eigenvalue weighted by molar-refractivity contribution is 6.88. The average molecular weight is 581 g/mol. The lowest BCUT2D eigenvalue weighted by Crippen LogP contribution is -2.54. The minimum atomic E-state index is -2.30. The fourth-order valence-electron chi connectivity index (χ4n) is 4.76. The summed E-state index contributed by atoms with van der Waals surface area (Å²) in [5.41, 5.74) is 1.40. The summed E-state index contributed by atoms with van der Waals surface area (Å²) >= 11 is 0. The Morgan fingerprint density at radius 3 is 1.24 bits per heavy atom. The molecule has 1 unspecified atom stereocenters. The van der Waals surface area contributed by atoms with Gasteiger partial charge in [0.05, 0.1) is 0 Å². The lowest BCUT2D eigenvalue weighted by atomic mass is 10.0. The summed E-state index contributed by atoms with van der Waals surface area (Å²) in [6.45, 7) is 36.7. The summed E-state index contributed by atoms with van der Waals surface area (Å²) in [6.07, 6.45) is 5.83. The Bertz CT molecular complexity index is 606. The van der Waals surface area contributed by atoms with E-state index in [-0.39, 0.29) is 0 Å². The monoisotopic (exact) mass is 580 g/mol. The molecule has 0 aliphatic carbocycles. The van der Waals surface area contributed by atoms with Gasteiger partial charge in [-0.1, -0.05) is 11.6 Å². The third kappa shape index (κ3) is 19.1. The molecule has 0 spiro atoms. The second-order valence-electron chi connectivity index (χ2n) is 14.6. The molecule has 1 atom stereocenters. The van der Waals surface area contributed by atoms with E-state index in [0.29, 0.717) is 5.92 Å². The number of allylic oxidation sites excluding steroid dienone is 2. The summed E-state index contributed by atoms with van der Waals surface area (Å²) in [4.78, 5) is 0. The molecular weight excluding hydrogens is 521 g/mol. The highest BCUT2D eigenvalue weighted by Gasteiger charge is 2.44. The SMILES string of the molecule is CC(C)=CCCC(CC[Si](C)(O[Si](C)(C)C)O[Si](C)(C)C)C[Si](C)(O[Si](C)(C)C)O[Si](C)(C)C. The van der Waals surface area contributed by atoms with Gasteiger partial charge in [0.25, 0.3) is 0 Å². The fourth-order valence-corrected chi connectivity index (χ4v) is 30.4. The first-order valence-corrected chi connectivity index (χ1v) is 31.9. The van der Waals surface area contributed by atoms with Crippen molar-refractivity contribution in [3.63, 3.8) is 0 Å². The van der Waals surface area contributed by atoms with E-state index in [1.165, 1.54) is 12.0 Å². The molecule has 0 fully saturated rings. The van der Waals surface area contributed by atoms with Crippen molar-refractivity contribution < 1.29 is 16.5 Å². The van der Waals surface area contributed by atoms with E-state index >= 15 is 0 Å². The highest BCUT2D eigenvalue weighted by Crippen LogP contribution is 2.35. The summed E-state index contributed by atoms with van der Waals surface area (Å²) < 4.78 is 27.4. The van der Waals surface area contributed by atoms with Gasteiger partial charge in [-0.2, -0.15) is 0 Å². The van der Waals surface area contributed by atoms with Gasteiger partial charge in [-0.3, -0.25) is 0 Å². The standard InChI is InChI=1S/C24H60O4Si6/c1-23(2)18-17-19-24(22-34(16,27-31(9,10)11)28-32(12,13)14)20-21-33(15,25-29(3,4)5)26-30(6,7)8/h18,24H,17,19-22H2,1-16H3. The molecule has 0 bridgehead atoms. The fraction of sp³-hybridized carbons (Fsp3) is 0.917. The van der Waals surface area contributed by atoms with Crippen LogP contribution in [0.5, 0.6) is 0 Å². The van der Waals surface area contributed by atoms with Gasteiger partial charge in [0.15, 0.2) is 33.3 Å². The predicted octanol–water partition coefficient (Wildman–Crippen LogP) is 9.29. The van der Waals surface area contributed by atoms with Gasteiger partial charge in [-0.25, -0.2) is 0 Å². The van der Waals surface area contributed by atoms with E-state index in [2.05, 4.69) is 112 Å². The molecule has 0 saturated heterocycles. The van der Waals surface area contributed by atoms with Crippen LogP contribution in [0.15, 0.2) is 11.6 Å². The third-order valence-electron chi connectivity index (χ3n) is 4.88. The normalized spacial score (nSPS) is 15.4. The molecule has 0 N–H and O–H groups in total. The minimum Gasteiger partial charge on any atom is -0.437 e. The van der Waals surface area contributed by atoms with Crippen molar-refractivity contribution in [2.45, 2.75) is 137 Å². The van der Waals surface area contributed by atoms with Crippen molar-refractivity contribution in [1.82, 2.24) is 0 Å². The molecule has 0 saturated carbocycles. The Hall–Kier alpha value is 0.881. The third-order valence-corrected chi connectivity index (χ3v) is 24.1. The second-order valence-corrected chi connectivity index (χ2v) is 40.2. The van der Waals surface area contributed by atoms with Gasteiger partial charge in [-0.15, -0.1) is 0 Å². The molecular formula is C24H60O4Si6. The van der Waals surface area contributed by atoms with Crippen LogP contribution in [0.1, 0.15) is 33.1 Å². The molecule has 0 aromatic rings. The first kappa shape index (κ1) is 34.9. The van der Waals surface area contributed by atoms with Crippen LogP contribution >= 0.6 is 0 Å². The molecule has 0 heterocycles. The molecule has 0 aromatic carbocycles. The molecule has 34 heavy (non-hydrogen) atoms. The molecule has 4 nitrogen and oxygen atoms in total. The van der Waals surface area contributed by atoms with E-state index < -0.39 is 50.4 Å². The molecule has 0 amide bonds. The molecule has 0 aromatic heterocycles. The van der Waals surface area contributed by atoms with E-state index in [1.54, 1.807) is 0 Å². The van der Waals surface area contributed by atoms with Gasteiger partial charge in [0.1, 0.15) is 0 Å². The molecule has 204 valence electrons. The largest absolute Gasteiger partial charge is 0.437 e. The van der Waals surface area contributed by atoms with E-state index in [4.69, 9.17) is 16.5 Å². The smallest absolute Gasteiger partial charge is 0.314 e. The minimum absolute atomic E-state index is 0.572. The summed E-state index contributed by atoms with van der Waals surface area (Å²) in [5.74, 6) is 0.572. The van der Waals surface area contributed by atoms with Crippen molar-refractivity contribution in [1.29, 1.82) is 0 Å². The van der Waals surface area contributed by atoms with Crippen LogP contribution in [-0.2, 0) is 16.5 Å². The van der Waals surface area contributed by atoms with Crippen LogP contribution in [-0.4, -0.2) is 50.4 Å². The number of rotatable bonds is 16. The predicted molar refractivity (Wildman–Crippen MR) is 167 cm³/mol. The Kier molecular flexibility index (Phi) is 13.4.